The lowest BCUT2D eigenvalue weighted by molar-refractivity contribution is 0.125. The highest BCUT2D eigenvalue weighted by atomic mass is 16.7. The number of ether oxygens (including phenoxy) is 2. The van der Waals surface area contributed by atoms with Crippen molar-refractivity contribution in [1.29, 1.82) is 0 Å². The molecule has 0 aliphatic carbocycles. The van der Waals surface area contributed by atoms with Crippen molar-refractivity contribution >= 4 is 0 Å². The molecule has 0 amide bonds. The Hall–Kier alpha value is -1.22. The van der Waals surface area contributed by atoms with Crippen LogP contribution in [0.15, 0.2) is 18.2 Å². The van der Waals surface area contributed by atoms with E-state index in [1.807, 2.05) is 32.0 Å². The maximum atomic E-state index is 9.76. The standard InChI is InChI=1S/C12H16O3/c1-8(2)10(13)5-9-3-4-11-12(6-9)15-7-14-11/h3-4,6,8,10,13H,5,7H2,1-2H3/t10-/m1/s1. The highest BCUT2D eigenvalue weighted by molar-refractivity contribution is 5.44. The predicted molar refractivity (Wildman–Crippen MR) is 57.1 cm³/mol. The van der Waals surface area contributed by atoms with Crippen molar-refractivity contribution in [3.8, 4) is 11.5 Å². The number of hydrogen-bond acceptors (Lipinski definition) is 3. The van der Waals surface area contributed by atoms with Crippen molar-refractivity contribution in [2.24, 2.45) is 5.92 Å². The minimum absolute atomic E-state index is 0.274. The first-order valence-electron chi connectivity index (χ1n) is 5.23. The van der Waals surface area contributed by atoms with E-state index in [0.29, 0.717) is 13.2 Å². The number of hydrogen-bond donors (Lipinski definition) is 1. The van der Waals surface area contributed by atoms with Crippen LogP contribution in [0, 0.1) is 5.92 Å². The Bertz CT molecular complexity index is 347. The average Bonchev–Trinajstić information content (AvgIpc) is 2.64. The van der Waals surface area contributed by atoms with E-state index in [1.54, 1.807) is 0 Å². The van der Waals surface area contributed by atoms with Gasteiger partial charge in [-0.15, -0.1) is 0 Å². The van der Waals surface area contributed by atoms with Crippen LogP contribution in [0.25, 0.3) is 0 Å². The molecule has 0 saturated carbocycles. The summed E-state index contributed by atoms with van der Waals surface area (Å²) in [5.41, 5.74) is 1.08. The quantitative estimate of drug-likeness (QED) is 0.825. The summed E-state index contributed by atoms with van der Waals surface area (Å²) in [4.78, 5) is 0. The summed E-state index contributed by atoms with van der Waals surface area (Å²) in [6.07, 6.45) is 0.360. The summed E-state index contributed by atoms with van der Waals surface area (Å²) in [6, 6.07) is 5.80. The van der Waals surface area contributed by atoms with Crippen LogP contribution in [-0.2, 0) is 6.42 Å². The summed E-state index contributed by atoms with van der Waals surface area (Å²) in [5.74, 6) is 1.84. The van der Waals surface area contributed by atoms with Gasteiger partial charge in [-0.2, -0.15) is 0 Å². The summed E-state index contributed by atoms with van der Waals surface area (Å²) in [7, 11) is 0. The summed E-state index contributed by atoms with van der Waals surface area (Å²) >= 11 is 0. The largest absolute Gasteiger partial charge is 0.454 e. The normalized spacial score (nSPS) is 15.7. The highest BCUT2D eigenvalue weighted by Crippen LogP contribution is 2.32. The lowest BCUT2D eigenvalue weighted by Crippen LogP contribution is -2.17. The Morgan fingerprint density at radius 2 is 2.00 bits per heavy atom. The van der Waals surface area contributed by atoms with E-state index in [0.717, 1.165) is 17.1 Å². The van der Waals surface area contributed by atoms with Crippen LogP contribution in [0.4, 0.5) is 0 Å². The van der Waals surface area contributed by atoms with Gasteiger partial charge in [-0.05, 0) is 30.0 Å². The van der Waals surface area contributed by atoms with Gasteiger partial charge in [-0.25, -0.2) is 0 Å². The van der Waals surface area contributed by atoms with Crippen LogP contribution in [0.2, 0.25) is 0 Å². The molecule has 82 valence electrons. The van der Waals surface area contributed by atoms with Gasteiger partial charge in [0, 0.05) is 0 Å². The third-order valence-corrected chi connectivity index (χ3v) is 2.65. The number of benzene rings is 1. The molecule has 0 fully saturated rings. The molecule has 0 spiro atoms. The van der Waals surface area contributed by atoms with Gasteiger partial charge in [0.2, 0.25) is 6.79 Å². The molecular weight excluding hydrogens is 192 g/mol. The van der Waals surface area contributed by atoms with Crippen LogP contribution < -0.4 is 9.47 Å². The van der Waals surface area contributed by atoms with Crippen LogP contribution in [0.1, 0.15) is 19.4 Å². The lowest BCUT2D eigenvalue weighted by Gasteiger charge is -2.14. The van der Waals surface area contributed by atoms with Crippen molar-refractivity contribution in [3.63, 3.8) is 0 Å². The molecule has 1 heterocycles. The number of fused-ring (bicyclic) bond motifs is 1. The number of rotatable bonds is 3. The number of aliphatic hydroxyl groups excluding tert-OH is 1. The monoisotopic (exact) mass is 208 g/mol. The summed E-state index contributed by atoms with van der Waals surface area (Å²) in [5, 5.41) is 9.76. The molecule has 1 aromatic carbocycles. The van der Waals surface area contributed by atoms with E-state index in [-0.39, 0.29) is 12.0 Å². The van der Waals surface area contributed by atoms with Gasteiger partial charge in [-0.1, -0.05) is 19.9 Å². The van der Waals surface area contributed by atoms with Crippen molar-refractivity contribution < 1.29 is 14.6 Å². The van der Waals surface area contributed by atoms with Gasteiger partial charge in [0.1, 0.15) is 0 Å². The second-order valence-corrected chi connectivity index (χ2v) is 4.20. The van der Waals surface area contributed by atoms with Crippen LogP contribution >= 0.6 is 0 Å². The van der Waals surface area contributed by atoms with Gasteiger partial charge in [-0.3, -0.25) is 0 Å². The second-order valence-electron chi connectivity index (χ2n) is 4.20. The molecule has 0 aromatic heterocycles. The van der Waals surface area contributed by atoms with Crippen molar-refractivity contribution in [1.82, 2.24) is 0 Å². The SMILES string of the molecule is CC(C)[C@H](O)Cc1ccc2c(c1)OCO2. The second kappa shape index (κ2) is 4.11. The van der Waals surface area contributed by atoms with Crippen LogP contribution in [0.5, 0.6) is 11.5 Å². The van der Waals surface area contributed by atoms with Gasteiger partial charge in [0.05, 0.1) is 6.10 Å². The van der Waals surface area contributed by atoms with E-state index in [9.17, 15) is 5.11 Å². The van der Waals surface area contributed by atoms with Crippen molar-refractivity contribution in [2.45, 2.75) is 26.4 Å². The molecule has 1 atom stereocenters. The smallest absolute Gasteiger partial charge is 0.231 e. The molecule has 2 rings (SSSR count). The van der Waals surface area contributed by atoms with Crippen molar-refractivity contribution in [2.75, 3.05) is 6.79 Å². The fourth-order valence-corrected chi connectivity index (χ4v) is 1.55. The first-order valence-corrected chi connectivity index (χ1v) is 5.23. The third kappa shape index (κ3) is 2.23. The summed E-state index contributed by atoms with van der Waals surface area (Å²) < 4.78 is 10.5. The predicted octanol–water partition coefficient (Wildman–Crippen LogP) is 1.97. The molecule has 1 aliphatic rings. The Labute approximate surface area is 89.6 Å². The molecule has 1 aromatic rings. The zero-order chi connectivity index (χ0) is 10.8. The minimum Gasteiger partial charge on any atom is -0.454 e. The number of aliphatic hydroxyl groups is 1. The average molecular weight is 208 g/mol. The summed E-state index contributed by atoms with van der Waals surface area (Å²) in [6.45, 7) is 4.32. The van der Waals surface area contributed by atoms with Crippen LogP contribution in [-0.4, -0.2) is 18.0 Å². The lowest BCUT2D eigenvalue weighted by atomic mass is 9.99. The molecule has 15 heavy (non-hydrogen) atoms. The van der Waals surface area contributed by atoms with Gasteiger partial charge < -0.3 is 14.6 Å². The first-order chi connectivity index (χ1) is 7.16. The van der Waals surface area contributed by atoms with E-state index in [2.05, 4.69) is 0 Å². The maximum absolute atomic E-state index is 9.76. The Morgan fingerprint density at radius 1 is 1.27 bits per heavy atom. The molecule has 3 heteroatoms. The molecule has 3 nitrogen and oxygen atoms in total. The molecule has 1 aliphatic heterocycles. The fourth-order valence-electron chi connectivity index (χ4n) is 1.55. The molecule has 0 radical (unpaired) electrons. The first kappa shape index (κ1) is 10.3. The van der Waals surface area contributed by atoms with E-state index in [4.69, 9.17) is 9.47 Å². The topological polar surface area (TPSA) is 38.7 Å². The minimum atomic E-state index is -0.301. The fraction of sp³-hybridized carbons (Fsp3) is 0.500. The Balaban J connectivity index is 2.10. The zero-order valence-corrected chi connectivity index (χ0v) is 9.06. The zero-order valence-electron chi connectivity index (χ0n) is 9.06. The van der Waals surface area contributed by atoms with Crippen molar-refractivity contribution in [3.05, 3.63) is 23.8 Å². The van der Waals surface area contributed by atoms with E-state index in [1.165, 1.54) is 0 Å². The third-order valence-electron chi connectivity index (χ3n) is 2.65. The Kier molecular flexibility index (Phi) is 2.82. The molecule has 0 unspecified atom stereocenters. The Morgan fingerprint density at radius 3 is 2.73 bits per heavy atom. The highest BCUT2D eigenvalue weighted by Gasteiger charge is 2.15. The molecule has 0 bridgehead atoms. The van der Waals surface area contributed by atoms with Gasteiger partial charge in [0.25, 0.3) is 0 Å². The molecule has 1 N–H and O–H groups in total. The molecular formula is C12H16O3. The van der Waals surface area contributed by atoms with Crippen LogP contribution in [0.3, 0.4) is 0 Å². The van der Waals surface area contributed by atoms with E-state index < -0.39 is 0 Å². The van der Waals surface area contributed by atoms with E-state index >= 15 is 0 Å². The maximum Gasteiger partial charge on any atom is 0.231 e. The van der Waals surface area contributed by atoms with Gasteiger partial charge >= 0.3 is 0 Å². The van der Waals surface area contributed by atoms with Gasteiger partial charge in [0.15, 0.2) is 11.5 Å². The molecule has 0 saturated heterocycles.